The van der Waals surface area contributed by atoms with E-state index in [0.717, 1.165) is 0 Å². The van der Waals surface area contributed by atoms with Crippen molar-refractivity contribution in [3.8, 4) is 6.07 Å². The maximum absolute atomic E-state index is 8.44. The van der Waals surface area contributed by atoms with Crippen LogP contribution in [-0.2, 0) is 35.0 Å². The fraction of sp³-hybridized carbons (Fsp3) is 0.0909. The van der Waals surface area contributed by atoms with Gasteiger partial charge in [-0.1, -0.05) is 36.5 Å². The molecule has 0 aromatic carbocycles. The Balaban J connectivity index is -0.0000000900. The van der Waals surface area contributed by atoms with Gasteiger partial charge in [-0.15, -0.1) is 0 Å². The maximum atomic E-state index is 8.44. The summed E-state index contributed by atoms with van der Waals surface area (Å²) in [6, 6.07) is 2.13. The fourth-order valence-electron chi connectivity index (χ4n) is 0.646. The third-order valence-corrected chi connectivity index (χ3v) is 1.12. The molecule has 0 aliphatic heterocycles. The zero-order chi connectivity index (χ0) is 12.5. The third-order valence-electron chi connectivity index (χ3n) is 1.12. The summed E-state index contributed by atoms with van der Waals surface area (Å²) < 4.78 is 22.5. The number of nitrogens with zero attached hydrogens (tertiary/aromatic N) is 1. The van der Waals surface area contributed by atoms with Gasteiger partial charge in [-0.25, -0.2) is 0 Å². The van der Waals surface area contributed by atoms with Crippen molar-refractivity contribution >= 4 is 0 Å². The molecule has 0 saturated carbocycles. The Bertz CT molecular complexity index is 288. The molecule has 1 aliphatic rings. The van der Waals surface area contributed by atoms with Gasteiger partial charge in [0.1, 0.15) is 0 Å². The Morgan fingerprint density at radius 3 is 1.38 bits per heavy atom. The van der Waals surface area contributed by atoms with Crippen LogP contribution in [0.3, 0.4) is 0 Å². The van der Waals surface area contributed by atoms with Gasteiger partial charge in [-0.2, -0.15) is 5.26 Å². The van der Waals surface area contributed by atoms with Crippen molar-refractivity contribution < 1.29 is 35.0 Å². The molecule has 0 amide bonds. The molecule has 0 bridgehead atoms. The number of nitriles is 1. The predicted molar refractivity (Wildman–Crippen MR) is 48.3 cm³/mol. The van der Waals surface area contributed by atoms with E-state index in [1.54, 1.807) is 0 Å². The molecule has 1 rings (SSSR count). The average molecular weight is 297 g/mol. The molecular formula is C11H7MoNO3. The molecule has 0 unspecified atom stereocenters. The van der Waals surface area contributed by atoms with Crippen LogP contribution in [0.4, 0.5) is 0 Å². The zero-order valence-corrected chi connectivity index (χ0v) is 10.1. The molecule has 0 atom stereocenters. The van der Waals surface area contributed by atoms with Crippen LogP contribution in [0.25, 0.3) is 0 Å². The molecule has 4 nitrogen and oxygen atoms in total. The first-order chi connectivity index (χ1) is 7.43. The number of allylic oxidation sites excluding steroid dienone is 6. The predicted octanol–water partition coefficient (Wildman–Crippen LogP) is 1.69. The van der Waals surface area contributed by atoms with E-state index in [9.17, 15) is 0 Å². The number of hydrogen-bond donors (Lipinski definition) is 0. The summed E-state index contributed by atoms with van der Waals surface area (Å²) in [5.41, 5.74) is 0. The molecule has 0 N–H and O–H groups in total. The van der Waals surface area contributed by atoms with Gasteiger partial charge in [0.25, 0.3) is 0 Å². The van der Waals surface area contributed by atoms with E-state index in [1.807, 2.05) is 36.5 Å². The zero-order valence-electron chi connectivity index (χ0n) is 8.12. The molecule has 0 spiro atoms. The molecule has 0 aromatic heterocycles. The van der Waals surface area contributed by atoms with Crippen LogP contribution in [0, 0.1) is 37.2 Å². The van der Waals surface area contributed by atoms with Crippen LogP contribution < -0.4 is 0 Å². The van der Waals surface area contributed by atoms with Crippen molar-refractivity contribution in [2.45, 2.75) is 0 Å². The minimum Gasteiger partial charge on any atom is 0 e. The van der Waals surface area contributed by atoms with Gasteiger partial charge < -0.3 is 0 Å². The van der Waals surface area contributed by atoms with Gasteiger partial charge in [-0.3, -0.25) is 0 Å². The summed E-state index contributed by atoms with van der Waals surface area (Å²) >= 11 is 0. The standard InChI is InChI=1S/C8H7N.3CO.Mo/c9-7-8-5-3-1-2-4-6-8;3*1-2;/h1-6,8H;;;;. The van der Waals surface area contributed by atoms with E-state index in [2.05, 4.69) is 26.0 Å². The Labute approximate surface area is 109 Å². The van der Waals surface area contributed by atoms with Gasteiger partial charge in [0, 0.05) is 21.1 Å². The number of rotatable bonds is 0. The third kappa shape index (κ3) is 18.4. The van der Waals surface area contributed by atoms with Crippen molar-refractivity contribution in [2.75, 3.05) is 0 Å². The molecular weight excluding hydrogens is 290 g/mol. The molecule has 80 valence electrons. The molecule has 0 aromatic rings. The fourth-order valence-corrected chi connectivity index (χ4v) is 0.646. The van der Waals surface area contributed by atoms with Gasteiger partial charge in [0.2, 0.25) is 0 Å². The Hall–Kier alpha value is -1.38. The van der Waals surface area contributed by atoms with Gasteiger partial charge >= 0.3 is 33.9 Å². The molecule has 0 heterocycles. The first-order valence-electron chi connectivity index (χ1n) is 3.46. The topological polar surface area (TPSA) is 83.5 Å². The van der Waals surface area contributed by atoms with Gasteiger partial charge in [-0.05, 0) is 0 Å². The van der Waals surface area contributed by atoms with E-state index in [0.29, 0.717) is 0 Å². The minimum absolute atomic E-state index is 0. The van der Waals surface area contributed by atoms with E-state index in [-0.39, 0.29) is 27.0 Å². The first-order valence-corrected chi connectivity index (χ1v) is 3.46. The summed E-state index contributed by atoms with van der Waals surface area (Å²) in [7, 11) is 0. The van der Waals surface area contributed by atoms with Crippen LogP contribution >= 0.6 is 0 Å². The van der Waals surface area contributed by atoms with Crippen molar-refractivity contribution in [1.29, 1.82) is 5.26 Å². The normalized spacial score (nSPS) is 10.1. The summed E-state index contributed by atoms with van der Waals surface area (Å²) in [6.45, 7) is 13.5. The second-order valence-corrected chi connectivity index (χ2v) is 1.81. The SMILES string of the molecule is N#CC1C=CC=CC=C1.[C-]#[O+].[C-]#[O+].[C-]#[O+].[Mo]. The first kappa shape index (κ1) is 24.0. The smallest absolute Gasteiger partial charge is 0 e. The summed E-state index contributed by atoms with van der Waals surface area (Å²) in [6.07, 6.45) is 11.3. The van der Waals surface area contributed by atoms with Gasteiger partial charge in [0.05, 0.1) is 12.0 Å². The van der Waals surface area contributed by atoms with E-state index in [1.165, 1.54) is 0 Å². The molecule has 0 saturated heterocycles. The largest absolute Gasteiger partial charge is 0 e. The van der Waals surface area contributed by atoms with Crippen molar-refractivity contribution in [3.05, 3.63) is 56.4 Å². The van der Waals surface area contributed by atoms with Crippen molar-refractivity contribution in [1.82, 2.24) is 0 Å². The molecule has 0 fully saturated rings. The van der Waals surface area contributed by atoms with Crippen molar-refractivity contribution in [3.63, 3.8) is 0 Å². The van der Waals surface area contributed by atoms with E-state index < -0.39 is 0 Å². The second kappa shape index (κ2) is 29.2. The van der Waals surface area contributed by atoms with Crippen LogP contribution in [0.1, 0.15) is 0 Å². The molecule has 5 heteroatoms. The molecule has 16 heavy (non-hydrogen) atoms. The Morgan fingerprint density at radius 1 is 0.812 bits per heavy atom. The van der Waals surface area contributed by atoms with Crippen molar-refractivity contribution in [2.24, 2.45) is 5.92 Å². The van der Waals surface area contributed by atoms with Gasteiger partial charge in [0.15, 0.2) is 0 Å². The molecule has 0 radical (unpaired) electrons. The quantitative estimate of drug-likeness (QED) is 0.380. The Kier molecular flexibility index (Phi) is 43.9. The average Bonchev–Trinajstić information content (AvgIpc) is 2.65. The molecule has 1 aliphatic carbocycles. The van der Waals surface area contributed by atoms with Crippen LogP contribution in [0.5, 0.6) is 0 Å². The summed E-state index contributed by atoms with van der Waals surface area (Å²) in [5.74, 6) is -0.0417. The van der Waals surface area contributed by atoms with Crippen LogP contribution in [0.2, 0.25) is 0 Å². The van der Waals surface area contributed by atoms with E-state index >= 15 is 0 Å². The van der Waals surface area contributed by atoms with E-state index in [4.69, 9.17) is 19.2 Å². The Morgan fingerprint density at radius 2 is 1.12 bits per heavy atom. The van der Waals surface area contributed by atoms with Crippen LogP contribution in [0.15, 0.2) is 36.5 Å². The number of hydrogen-bond acceptors (Lipinski definition) is 1. The summed E-state index contributed by atoms with van der Waals surface area (Å²) in [4.78, 5) is 0. The summed E-state index contributed by atoms with van der Waals surface area (Å²) in [5, 5.41) is 8.44. The van der Waals surface area contributed by atoms with Crippen LogP contribution in [-0.4, -0.2) is 0 Å². The minimum atomic E-state index is -0.0417. The monoisotopic (exact) mass is 299 g/mol. The maximum Gasteiger partial charge on any atom is 0 e. The second-order valence-electron chi connectivity index (χ2n) is 1.81.